The smallest absolute Gasteiger partial charge is 0.193 e. The Labute approximate surface area is 173 Å². The van der Waals surface area contributed by atoms with E-state index in [1.54, 1.807) is 13.2 Å². The number of guanidine groups is 1. The summed E-state index contributed by atoms with van der Waals surface area (Å²) in [6.07, 6.45) is 5.28. The summed E-state index contributed by atoms with van der Waals surface area (Å²) in [7, 11) is 3.56. The molecule has 1 N–H and O–H groups in total. The van der Waals surface area contributed by atoms with Gasteiger partial charge in [0.25, 0.3) is 0 Å². The van der Waals surface area contributed by atoms with Crippen LogP contribution in [0, 0.1) is 0 Å². The van der Waals surface area contributed by atoms with Gasteiger partial charge in [-0.1, -0.05) is 29.3 Å². The standard InChI is InChI=1S/C20H31Cl2N3O2/c1-23-20(24-10-3-5-16-6-7-17(21)15-19(16)22)25-11-8-18(9-12-25)27-14-4-13-26-2/h6-7,15,18H,3-5,8-14H2,1-2H3,(H,23,24). The third-order valence-corrected chi connectivity index (χ3v) is 5.31. The molecule has 0 bridgehead atoms. The summed E-state index contributed by atoms with van der Waals surface area (Å²) in [5, 5.41) is 4.87. The van der Waals surface area contributed by atoms with E-state index in [-0.39, 0.29) is 0 Å². The van der Waals surface area contributed by atoms with Gasteiger partial charge in [0.1, 0.15) is 0 Å². The minimum atomic E-state index is 0.350. The molecular weight excluding hydrogens is 385 g/mol. The zero-order valence-electron chi connectivity index (χ0n) is 16.3. The topological polar surface area (TPSA) is 46.1 Å². The van der Waals surface area contributed by atoms with Crippen molar-refractivity contribution in [1.29, 1.82) is 0 Å². The average molecular weight is 416 g/mol. The van der Waals surface area contributed by atoms with E-state index in [0.717, 1.165) is 81.5 Å². The van der Waals surface area contributed by atoms with Crippen molar-refractivity contribution in [1.82, 2.24) is 10.2 Å². The second kappa shape index (κ2) is 12.4. The van der Waals surface area contributed by atoms with E-state index in [2.05, 4.69) is 15.2 Å². The molecule has 5 nitrogen and oxygen atoms in total. The molecule has 0 aromatic heterocycles. The van der Waals surface area contributed by atoms with Crippen LogP contribution in [0.4, 0.5) is 0 Å². The number of nitrogens with one attached hydrogen (secondary N) is 1. The second-order valence-electron chi connectivity index (χ2n) is 6.72. The number of halogens is 2. The first-order valence-corrected chi connectivity index (χ1v) is 10.4. The fraction of sp³-hybridized carbons (Fsp3) is 0.650. The number of benzene rings is 1. The van der Waals surface area contributed by atoms with Crippen LogP contribution in [0.2, 0.25) is 10.0 Å². The first-order valence-electron chi connectivity index (χ1n) is 9.64. The van der Waals surface area contributed by atoms with Gasteiger partial charge in [0.2, 0.25) is 0 Å². The van der Waals surface area contributed by atoms with Crippen molar-refractivity contribution in [3.05, 3.63) is 33.8 Å². The first kappa shape index (κ1) is 22.3. The van der Waals surface area contributed by atoms with Gasteiger partial charge >= 0.3 is 0 Å². The zero-order valence-corrected chi connectivity index (χ0v) is 17.9. The lowest BCUT2D eigenvalue weighted by Crippen LogP contribution is -2.47. The van der Waals surface area contributed by atoms with Gasteiger partial charge in [-0.05, 0) is 49.8 Å². The molecule has 0 saturated carbocycles. The number of hydrogen-bond acceptors (Lipinski definition) is 3. The molecule has 2 rings (SSSR count). The number of methoxy groups -OCH3 is 1. The first-order chi connectivity index (χ1) is 13.1. The van der Waals surface area contributed by atoms with Gasteiger partial charge in [0, 0.05) is 57.1 Å². The molecule has 1 heterocycles. The summed E-state index contributed by atoms with van der Waals surface area (Å²) in [6, 6.07) is 5.68. The molecule has 7 heteroatoms. The van der Waals surface area contributed by atoms with Crippen molar-refractivity contribution in [2.45, 2.75) is 38.2 Å². The van der Waals surface area contributed by atoms with Gasteiger partial charge in [0.15, 0.2) is 5.96 Å². The molecule has 0 radical (unpaired) electrons. The minimum absolute atomic E-state index is 0.350. The van der Waals surface area contributed by atoms with Crippen LogP contribution >= 0.6 is 23.2 Å². The van der Waals surface area contributed by atoms with Gasteiger partial charge < -0.3 is 19.7 Å². The Bertz CT molecular complexity index is 591. The molecule has 27 heavy (non-hydrogen) atoms. The van der Waals surface area contributed by atoms with Crippen molar-refractivity contribution in [3.63, 3.8) is 0 Å². The Kier molecular flexibility index (Phi) is 10.3. The SMILES string of the molecule is CN=C(NCCCc1ccc(Cl)cc1Cl)N1CCC(OCCCOC)CC1. The van der Waals surface area contributed by atoms with Gasteiger partial charge in [-0.15, -0.1) is 0 Å². The molecule has 0 unspecified atom stereocenters. The van der Waals surface area contributed by atoms with Crippen molar-refractivity contribution in [3.8, 4) is 0 Å². The number of hydrogen-bond donors (Lipinski definition) is 1. The van der Waals surface area contributed by atoms with E-state index in [0.29, 0.717) is 11.1 Å². The Morgan fingerprint density at radius 1 is 1.22 bits per heavy atom. The van der Waals surface area contributed by atoms with Crippen LogP contribution in [0.15, 0.2) is 23.2 Å². The maximum Gasteiger partial charge on any atom is 0.193 e. The Hall–Kier alpha value is -1.01. The Morgan fingerprint density at radius 2 is 2.00 bits per heavy atom. The number of piperidine rings is 1. The van der Waals surface area contributed by atoms with E-state index < -0.39 is 0 Å². The highest BCUT2D eigenvalue weighted by Crippen LogP contribution is 2.22. The van der Waals surface area contributed by atoms with Crippen molar-refractivity contribution in [2.24, 2.45) is 4.99 Å². The van der Waals surface area contributed by atoms with Crippen molar-refractivity contribution in [2.75, 3.05) is 47.0 Å². The lowest BCUT2D eigenvalue weighted by Gasteiger charge is -2.34. The highest BCUT2D eigenvalue weighted by Gasteiger charge is 2.21. The van der Waals surface area contributed by atoms with Crippen molar-refractivity contribution < 1.29 is 9.47 Å². The summed E-state index contributed by atoms with van der Waals surface area (Å²) in [6.45, 7) is 4.34. The molecule has 0 spiro atoms. The largest absolute Gasteiger partial charge is 0.385 e. The Balaban J connectivity index is 1.65. The van der Waals surface area contributed by atoms with Crippen LogP contribution in [0.5, 0.6) is 0 Å². The van der Waals surface area contributed by atoms with Gasteiger partial charge in [0.05, 0.1) is 6.10 Å². The molecule has 1 aromatic rings. The van der Waals surface area contributed by atoms with E-state index >= 15 is 0 Å². The van der Waals surface area contributed by atoms with Crippen LogP contribution in [-0.2, 0) is 15.9 Å². The van der Waals surface area contributed by atoms with Gasteiger partial charge in [-0.25, -0.2) is 0 Å². The van der Waals surface area contributed by atoms with Crippen molar-refractivity contribution >= 4 is 29.2 Å². The maximum atomic E-state index is 6.23. The summed E-state index contributed by atoms with van der Waals surface area (Å²) >= 11 is 12.2. The van der Waals surface area contributed by atoms with Gasteiger partial charge in [-0.2, -0.15) is 0 Å². The number of ether oxygens (including phenoxy) is 2. The van der Waals surface area contributed by atoms with E-state index in [9.17, 15) is 0 Å². The molecule has 0 aliphatic carbocycles. The number of aliphatic imine (C=N–C) groups is 1. The maximum absolute atomic E-state index is 6.23. The summed E-state index contributed by atoms with van der Waals surface area (Å²) in [4.78, 5) is 6.74. The third kappa shape index (κ3) is 7.86. The highest BCUT2D eigenvalue weighted by molar-refractivity contribution is 6.35. The molecule has 1 fully saturated rings. The van der Waals surface area contributed by atoms with Crippen LogP contribution in [0.1, 0.15) is 31.2 Å². The number of likely N-dealkylation sites (tertiary alicyclic amines) is 1. The quantitative estimate of drug-likeness (QED) is 0.375. The second-order valence-corrected chi connectivity index (χ2v) is 7.56. The summed E-state index contributed by atoms with van der Waals surface area (Å²) in [5.41, 5.74) is 1.13. The molecular formula is C20H31Cl2N3O2. The number of nitrogens with zero attached hydrogens (tertiary/aromatic N) is 2. The summed E-state index contributed by atoms with van der Waals surface area (Å²) < 4.78 is 11.0. The van der Waals surface area contributed by atoms with Crippen LogP contribution in [0.25, 0.3) is 0 Å². The fourth-order valence-corrected chi connectivity index (χ4v) is 3.73. The van der Waals surface area contributed by atoms with E-state index in [1.807, 2.05) is 19.2 Å². The predicted molar refractivity (Wildman–Crippen MR) is 113 cm³/mol. The number of rotatable bonds is 9. The van der Waals surface area contributed by atoms with Crippen LogP contribution < -0.4 is 5.32 Å². The monoisotopic (exact) mass is 415 g/mol. The molecule has 0 amide bonds. The normalized spacial score (nSPS) is 16.0. The lowest BCUT2D eigenvalue weighted by atomic mass is 10.1. The number of aryl methyl sites for hydroxylation is 1. The third-order valence-electron chi connectivity index (χ3n) is 4.72. The molecule has 1 saturated heterocycles. The lowest BCUT2D eigenvalue weighted by molar-refractivity contribution is 0.00991. The zero-order chi connectivity index (χ0) is 19.5. The fourth-order valence-electron chi connectivity index (χ4n) is 3.22. The van der Waals surface area contributed by atoms with E-state index in [4.69, 9.17) is 32.7 Å². The Morgan fingerprint density at radius 3 is 2.67 bits per heavy atom. The highest BCUT2D eigenvalue weighted by atomic mass is 35.5. The van der Waals surface area contributed by atoms with E-state index in [1.165, 1.54) is 0 Å². The molecule has 1 aromatic carbocycles. The molecule has 152 valence electrons. The minimum Gasteiger partial charge on any atom is -0.385 e. The van der Waals surface area contributed by atoms with Gasteiger partial charge in [-0.3, -0.25) is 4.99 Å². The predicted octanol–water partition coefficient (Wildman–Crippen LogP) is 4.02. The summed E-state index contributed by atoms with van der Waals surface area (Å²) in [5.74, 6) is 0.968. The molecule has 0 atom stereocenters. The van der Waals surface area contributed by atoms with Crippen LogP contribution in [-0.4, -0.2) is 64.0 Å². The molecule has 1 aliphatic rings. The van der Waals surface area contributed by atoms with Crippen LogP contribution in [0.3, 0.4) is 0 Å². The molecule has 1 aliphatic heterocycles. The average Bonchev–Trinajstić information content (AvgIpc) is 2.67.